The zero-order valence-electron chi connectivity index (χ0n) is 29.6. The highest BCUT2D eigenvalue weighted by molar-refractivity contribution is 4.95. The van der Waals surface area contributed by atoms with E-state index in [1.807, 2.05) is 0 Å². The number of fused-ring (bicyclic) bond motifs is 1. The van der Waals surface area contributed by atoms with Crippen LogP contribution in [0.5, 0.6) is 0 Å². The Hall–Kier alpha value is -1.16. The minimum absolute atomic E-state index is 0.282. The SMILES string of the molecule is CCCC/C=C\C/C=C\CCCCCCCCC1(CCCCCCCC/C=C\C/C=C\CCCCC)O[C@H]2CN(C)C[C@H]2O1. The second kappa shape index (κ2) is 27.0. The topological polar surface area (TPSA) is 21.7 Å². The van der Waals surface area contributed by atoms with E-state index in [0.717, 1.165) is 38.8 Å². The molecule has 1 unspecified atom stereocenters. The number of nitrogens with zero attached hydrogens (tertiary/aromatic N) is 1. The lowest BCUT2D eigenvalue weighted by Crippen LogP contribution is -2.34. The molecule has 2 heterocycles. The first-order valence-corrected chi connectivity index (χ1v) is 19.3. The molecular formula is C41H73NO2. The summed E-state index contributed by atoms with van der Waals surface area (Å²) >= 11 is 0. The van der Waals surface area contributed by atoms with E-state index < -0.39 is 0 Å². The summed E-state index contributed by atoms with van der Waals surface area (Å²) in [5.41, 5.74) is 0. The monoisotopic (exact) mass is 612 g/mol. The first kappa shape index (κ1) is 39.0. The Morgan fingerprint density at radius 3 is 1.27 bits per heavy atom. The Morgan fingerprint density at radius 1 is 0.477 bits per heavy atom. The van der Waals surface area contributed by atoms with Crippen LogP contribution in [0.4, 0.5) is 0 Å². The molecule has 0 aliphatic carbocycles. The normalized spacial score (nSPS) is 22.6. The third-order valence-corrected chi connectivity index (χ3v) is 9.40. The van der Waals surface area contributed by atoms with Crippen LogP contribution in [0.1, 0.15) is 174 Å². The molecule has 0 amide bonds. The highest BCUT2D eigenvalue weighted by Crippen LogP contribution is 2.40. The van der Waals surface area contributed by atoms with Gasteiger partial charge in [-0.1, -0.05) is 140 Å². The molecule has 0 radical (unpaired) electrons. The van der Waals surface area contributed by atoms with Gasteiger partial charge in [-0.15, -0.1) is 0 Å². The minimum Gasteiger partial charge on any atom is -0.343 e. The van der Waals surface area contributed by atoms with Crippen LogP contribution in [0.25, 0.3) is 0 Å². The quantitative estimate of drug-likeness (QED) is 0.0620. The zero-order chi connectivity index (χ0) is 31.4. The number of unbranched alkanes of at least 4 members (excludes halogenated alkanes) is 17. The number of hydrogen-bond acceptors (Lipinski definition) is 3. The van der Waals surface area contributed by atoms with Crippen molar-refractivity contribution >= 4 is 0 Å². The lowest BCUT2D eigenvalue weighted by molar-refractivity contribution is -0.193. The highest BCUT2D eigenvalue weighted by atomic mass is 16.8. The van der Waals surface area contributed by atoms with E-state index in [1.54, 1.807) is 0 Å². The second-order valence-electron chi connectivity index (χ2n) is 13.8. The maximum atomic E-state index is 6.70. The third-order valence-electron chi connectivity index (χ3n) is 9.40. The number of likely N-dealkylation sites (tertiary alicyclic amines) is 1. The van der Waals surface area contributed by atoms with Crippen molar-refractivity contribution in [1.82, 2.24) is 4.90 Å². The molecule has 0 aromatic heterocycles. The molecule has 3 nitrogen and oxygen atoms in total. The van der Waals surface area contributed by atoms with Gasteiger partial charge in [0, 0.05) is 25.9 Å². The van der Waals surface area contributed by atoms with Crippen molar-refractivity contribution in [2.45, 2.75) is 192 Å². The van der Waals surface area contributed by atoms with Gasteiger partial charge >= 0.3 is 0 Å². The molecule has 0 saturated carbocycles. The summed E-state index contributed by atoms with van der Waals surface area (Å²) in [7, 11) is 2.19. The van der Waals surface area contributed by atoms with Crippen molar-refractivity contribution in [2.24, 2.45) is 0 Å². The first-order valence-electron chi connectivity index (χ1n) is 19.3. The van der Waals surface area contributed by atoms with Gasteiger partial charge < -0.3 is 14.4 Å². The number of hydrogen-bond donors (Lipinski definition) is 0. The zero-order valence-corrected chi connectivity index (χ0v) is 29.6. The molecule has 3 atom stereocenters. The van der Waals surface area contributed by atoms with Crippen LogP contribution in [0.15, 0.2) is 48.6 Å². The van der Waals surface area contributed by atoms with Crippen LogP contribution in [0, 0.1) is 0 Å². The fraction of sp³-hybridized carbons (Fsp3) is 0.805. The van der Waals surface area contributed by atoms with E-state index in [-0.39, 0.29) is 18.0 Å². The Kier molecular flexibility index (Phi) is 23.9. The van der Waals surface area contributed by atoms with E-state index in [9.17, 15) is 0 Å². The lowest BCUT2D eigenvalue weighted by Gasteiger charge is -2.30. The average molecular weight is 612 g/mol. The number of ether oxygens (including phenoxy) is 2. The molecule has 0 aromatic carbocycles. The largest absolute Gasteiger partial charge is 0.343 e. The van der Waals surface area contributed by atoms with Crippen LogP contribution in [0.2, 0.25) is 0 Å². The van der Waals surface area contributed by atoms with Crippen molar-refractivity contribution in [3.63, 3.8) is 0 Å². The van der Waals surface area contributed by atoms with Crippen molar-refractivity contribution in [2.75, 3.05) is 20.1 Å². The minimum atomic E-state index is -0.304. The van der Waals surface area contributed by atoms with Crippen molar-refractivity contribution < 1.29 is 9.47 Å². The standard InChI is InChI=1S/C41H73NO2/c1-4-6-8-10-12-14-16-18-20-22-24-26-28-30-32-34-36-41(43-39-37-42(3)38-40(39)44-41)35-33-31-29-27-25-23-21-19-17-15-13-11-9-7-5-2/h11-14,17-20,39-40H,4-10,15-16,21-38H2,1-3H3/b13-11-,14-12-,19-17-,20-18-/t39-,40+,41?. The van der Waals surface area contributed by atoms with Crippen molar-refractivity contribution in [3.8, 4) is 0 Å². The summed E-state index contributed by atoms with van der Waals surface area (Å²) in [6.07, 6.45) is 51.2. The first-order chi connectivity index (χ1) is 21.7. The molecule has 0 aromatic rings. The van der Waals surface area contributed by atoms with E-state index in [0.29, 0.717) is 0 Å². The highest BCUT2D eigenvalue weighted by Gasteiger charge is 2.49. The molecule has 2 saturated heterocycles. The fourth-order valence-corrected chi connectivity index (χ4v) is 6.67. The van der Waals surface area contributed by atoms with Crippen molar-refractivity contribution in [1.29, 1.82) is 0 Å². The Bertz CT molecular complexity index is 755. The van der Waals surface area contributed by atoms with E-state index in [1.165, 1.54) is 135 Å². The Labute approximate surface area is 275 Å². The molecule has 0 bridgehead atoms. The molecule has 0 N–H and O–H groups in total. The lowest BCUT2D eigenvalue weighted by atomic mass is 9.98. The number of rotatable bonds is 29. The van der Waals surface area contributed by atoms with Gasteiger partial charge in [0.05, 0.1) is 0 Å². The van der Waals surface area contributed by atoms with Crippen LogP contribution in [-0.2, 0) is 9.47 Å². The second-order valence-corrected chi connectivity index (χ2v) is 13.8. The van der Waals surface area contributed by atoms with Gasteiger partial charge in [0.2, 0.25) is 0 Å². The summed E-state index contributed by atoms with van der Waals surface area (Å²) in [6.45, 7) is 6.58. The maximum absolute atomic E-state index is 6.70. The number of allylic oxidation sites excluding steroid dienone is 8. The third kappa shape index (κ3) is 19.4. The predicted molar refractivity (Wildman–Crippen MR) is 193 cm³/mol. The molecule has 254 valence electrons. The van der Waals surface area contributed by atoms with Gasteiger partial charge in [0.1, 0.15) is 12.2 Å². The molecule has 2 aliphatic heterocycles. The summed E-state index contributed by atoms with van der Waals surface area (Å²) < 4.78 is 13.4. The smallest absolute Gasteiger partial charge is 0.169 e. The summed E-state index contributed by atoms with van der Waals surface area (Å²) in [5.74, 6) is -0.304. The summed E-state index contributed by atoms with van der Waals surface area (Å²) in [6, 6.07) is 0. The Balaban J connectivity index is 1.50. The molecule has 44 heavy (non-hydrogen) atoms. The fourth-order valence-electron chi connectivity index (χ4n) is 6.67. The summed E-state index contributed by atoms with van der Waals surface area (Å²) in [4.78, 5) is 2.36. The molecule has 2 aliphatic rings. The average Bonchev–Trinajstić information content (AvgIpc) is 3.52. The van der Waals surface area contributed by atoms with Gasteiger partial charge in [0.25, 0.3) is 0 Å². The van der Waals surface area contributed by atoms with E-state index >= 15 is 0 Å². The molecule has 2 rings (SSSR count). The van der Waals surface area contributed by atoms with Crippen LogP contribution >= 0.6 is 0 Å². The van der Waals surface area contributed by atoms with Crippen molar-refractivity contribution in [3.05, 3.63) is 48.6 Å². The van der Waals surface area contributed by atoms with Crippen LogP contribution in [0.3, 0.4) is 0 Å². The van der Waals surface area contributed by atoms with E-state index in [2.05, 4.69) is 74.4 Å². The summed E-state index contributed by atoms with van der Waals surface area (Å²) in [5, 5.41) is 0. The van der Waals surface area contributed by atoms with Crippen LogP contribution < -0.4 is 0 Å². The molecule has 0 spiro atoms. The van der Waals surface area contributed by atoms with Crippen LogP contribution in [-0.4, -0.2) is 43.0 Å². The van der Waals surface area contributed by atoms with E-state index in [4.69, 9.17) is 9.47 Å². The maximum Gasteiger partial charge on any atom is 0.169 e. The molecule has 2 fully saturated rings. The van der Waals surface area contributed by atoms with Gasteiger partial charge in [0.15, 0.2) is 5.79 Å². The van der Waals surface area contributed by atoms with Gasteiger partial charge in [-0.05, 0) is 77.7 Å². The van der Waals surface area contributed by atoms with Gasteiger partial charge in [-0.2, -0.15) is 0 Å². The number of likely N-dealkylation sites (N-methyl/N-ethyl adjacent to an activating group) is 1. The predicted octanol–water partition coefficient (Wildman–Crippen LogP) is 12.4. The Morgan fingerprint density at radius 2 is 0.841 bits per heavy atom. The molecule has 3 heteroatoms. The van der Waals surface area contributed by atoms with Gasteiger partial charge in [-0.3, -0.25) is 0 Å². The van der Waals surface area contributed by atoms with Gasteiger partial charge in [-0.25, -0.2) is 0 Å². The molecular weight excluding hydrogens is 538 g/mol.